The minimum Gasteiger partial charge on any atom is -0.489 e. The first-order valence-electron chi connectivity index (χ1n) is 10.2. The van der Waals surface area contributed by atoms with Gasteiger partial charge in [-0.25, -0.2) is 9.38 Å². The van der Waals surface area contributed by atoms with E-state index in [4.69, 9.17) is 4.74 Å². The van der Waals surface area contributed by atoms with Crippen molar-refractivity contribution in [2.75, 3.05) is 32.7 Å². The highest BCUT2D eigenvalue weighted by Gasteiger charge is 2.21. The molecule has 0 aliphatic carbocycles. The number of hydrogen-bond donors (Lipinski definition) is 2. The molecular formula is C21H35FN4O. The molecule has 0 spiro atoms. The molecule has 1 aromatic carbocycles. The first-order valence-corrected chi connectivity index (χ1v) is 10.2. The summed E-state index contributed by atoms with van der Waals surface area (Å²) >= 11 is 0. The van der Waals surface area contributed by atoms with Gasteiger partial charge < -0.3 is 20.3 Å². The number of rotatable bonds is 8. The van der Waals surface area contributed by atoms with Gasteiger partial charge in [0, 0.05) is 31.7 Å². The van der Waals surface area contributed by atoms with Crippen molar-refractivity contribution in [2.45, 2.75) is 52.7 Å². The maximum absolute atomic E-state index is 13.3. The van der Waals surface area contributed by atoms with Crippen LogP contribution in [0.1, 0.15) is 40.5 Å². The standard InChI is InChI=1S/C21H35FN4O/c1-5-23-21(25-14-18-8-7-11-26(15-18)16(2)3)24-13-17(4)27-20-10-6-9-19(22)12-20/h6,9-10,12,16-18H,5,7-8,11,13-15H2,1-4H3,(H2,23,24,25). The molecule has 0 aromatic heterocycles. The first-order chi connectivity index (χ1) is 13.0. The molecule has 1 aliphatic rings. The van der Waals surface area contributed by atoms with Crippen LogP contribution in [0.3, 0.4) is 0 Å². The second kappa shape index (κ2) is 11.1. The largest absolute Gasteiger partial charge is 0.489 e. The third kappa shape index (κ3) is 7.75. The third-order valence-corrected chi connectivity index (χ3v) is 4.82. The Labute approximate surface area is 163 Å². The zero-order chi connectivity index (χ0) is 19.6. The van der Waals surface area contributed by atoms with Crippen LogP contribution in [0.5, 0.6) is 5.75 Å². The predicted octanol–water partition coefficient (Wildman–Crippen LogP) is 3.27. The van der Waals surface area contributed by atoms with Crippen LogP contribution in [0.15, 0.2) is 29.3 Å². The number of likely N-dealkylation sites (tertiary alicyclic amines) is 1. The van der Waals surface area contributed by atoms with E-state index >= 15 is 0 Å². The Bertz CT molecular complexity index is 593. The number of piperidine rings is 1. The second-order valence-electron chi connectivity index (χ2n) is 7.58. The van der Waals surface area contributed by atoms with Crippen LogP contribution >= 0.6 is 0 Å². The van der Waals surface area contributed by atoms with Crippen LogP contribution in [0, 0.1) is 11.7 Å². The summed E-state index contributed by atoms with van der Waals surface area (Å²) in [5.74, 6) is 1.70. The van der Waals surface area contributed by atoms with Gasteiger partial charge in [-0.15, -0.1) is 0 Å². The molecule has 2 rings (SSSR count). The normalized spacial score (nSPS) is 19.8. The fraction of sp³-hybridized carbons (Fsp3) is 0.667. The number of benzene rings is 1. The zero-order valence-electron chi connectivity index (χ0n) is 17.2. The zero-order valence-corrected chi connectivity index (χ0v) is 17.2. The van der Waals surface area contributed by atoms with Gasteiger partial charge in [0.2, 0.25) is 0 Å². The van der Waals surface area contributed by atoms with E-state index in [2.05, 4.69) is 41.3 Å². The van der Waals surface area contributed by atoms with Crippen LogP contribution in [0.2, 0.25) is 0 Å². The lowest BCUT2D eigenvalue weighted by Gasteiger charge is -2.35. The van der Waals surface area contributed by atoms with E-state index in [0.717, 1.165) is 25.6 Å². The maximum atomic E-state index is 13.3. The molecule has 2 unspecified atom stereocenters. The Morgan fingerprint density at radius 3 is 2.85 bits per heavy atom. The first kappa shape index (κ1) is 21.5. The fourth-order valence-electron chi connectivity index (χ4n) is 3.35. The fourth-order valence-corrected chi connectivity index (χ4v) is 3.35. The van der Waals surface area contributed by atoms with Crippen molar-refractivity contribution in [1.82, 2.24) is 15.5 Å². The minimum atomic E-state index is -0.291. The topological polar surface area (TPSA) is 48.9 Å². The quantitative estimate of drug-likeness (QED) is 0.538. The van der Waals surface area contributed by atoms with Gasteiger partial charge >= 0.3 is 0 Å². The average Bonchev–Trinajstić information content (AvgIpc) is 2.64. The number of nitrogens with one attached hydrogen (secondary N) is 2. The Kier molecular flexibility index (Phi) is 8.85. The molecule has 6 heteroatoms. The molecule has 152 valence electrons. The van der Waals surface area contributed by atoms with E-state index in [0.29, 0.717) is 24.3 Å². The van der Waals surface area contributed by atoms with Crippen LogP contribution < -0.4 is 15.4 Å². The molecule has 1 saturated heterocycles. The monoisotopic (exact) mass is 378 g/mol. The lowest BCUT2D eigenvalue weighted by molar-refractivity contribution is 0.141. The van der Waals surface area contributed by atoms with Gasteiger partial charge in [-0.3, -0.25) is 0 Å². The number of aliphatic imine (C=N–C) groups is 1. The molecule has 1 aromatic rings. The molecule has 1 fully saturated rings. The lowest BCUT2D eigenvalue weighted by atomic mass is 9.97. The van der Waals surface area contributed by atoms with Crippen LogP contribution in [0.25, 0.3) is 0 Å². The lowest BCUT2D eigenvalue weighted by Crippen LogP contribution is -2.46. The van der Waals surface area contributed by atoms with Gasteiger partial charge in [-0.05, 0) is 65.1 Å². The predicted molar refractivity (Wildman–Crippen MR) is 110 cm³/mol. The van der Waals surface area contributed by atoms with Crippen LogP contribution in [-0.4, -0.2) is 55.7 Å². The summed E-state index contributed by atoms with van der Waals surface area (Å²) in [4.78, 5) is 7.18. The average molecular weight is 379 g/mol. The molecule has 1 aliphatic heterocycles. The molecule has 2 N–H and O–H groups in total. The van der Waals surface area contributed by atoms with Crippen LogP contribution in [0.4, 0.5) is 4.39 Å². The van der Waals surface area contributed by atoms with Gasteiger partial charge in [0.15, 0.2) is 5.96 Å². The molecule has 0 amide bonds. The molecule has 2 atom stereocenters. The van der Waals surface area contributed by atoms with Crippen molar-refractivity contribution in [3.05, 3.63) is 30.1 Å². The Morgan fingerprint density at radius 1 is 1.33 bits per heavy atom. The van der Waals surface area contributed by atoms with E-state index in [1.807, 2.05) is 6.92 Å². The molecule has 5 nitrogen and oxygen atoms in total. The van der Waals surface area contributed by atoms with E-state index in [1.165, 1.54) is 31.5 Å². The van der Waals surface area contributed by atoms with E-state index in [9.17, 15) is 4.39 Å². The number of halogens is 1. The molecule has 0 saturated carbocycles. The number of ether oxygens (including phenoxy) is 1. The van der Waals surface area contributed by atoms with Crippen molar-refractivity contribution in [2.24, 2.45) is 10.9 Å². The van der Waals surface area contributed by atoms with Crippen molar-refractivity contribution in [3.63, 3.8) is 0 Å². The molecule has 0 bridgehead atoms. The molecule has 1 heterocycles. The van der Waals surface area contributed by atoms with E-state index < -0.39 is 0 Å². The smallest absolute Gasteiger partial charge is 0.191 e. The van der Waals surface area contributed by atoms with Gasteiger partial charge in [-0.2, -0.15) is 0 Å². The van der Waals surface area contributed by atoms with Crippen molar-refractivity contribution in [3.8, 4) is 5.75 Å². The van der Waals surface area contributed by atoms with E-state index in [-0.39, 0.29) is 11.9 Å². The Morgan fingerprint density at radius 2 is 2.15 bits per heavy atom. The summed E-state index contributed by atoms with van der Waals surface area (Å²) in [7, 11) is 0. The number of nitrogens with zero attached hydrogens (tertiary/aromatic N) is 2. The molecular weight excluding hydrogens is 343 g/mol. The molecule has 0 radical (unpaired) electrons. The summed E-state index contributed by atoms with van der Waals surface area (Å²) in [6.07, 6.45) is 2.39. The summed E-state index contributed by atoms with van der Waals surface area (Å²) < 4.78 is 19.0. The summed E-state index contributed by atoms with van der Waals surface area (Å²) in [6.45, 7) is 13.1. The SMILES string of the molecule is CCNC(=NCC(C)Oc1cccc(F)c1)NCC1CCCN(C(C)C)C1. The van der Waals surface area contributed by atoms with Crippen LogP contribution in [-0.2, 0) is 0 Å². The van der Waals surface area contributed by atoms with Gasteiger partial charge in [-0.1, -0.05) is 6.07 Å². The number of hydrogen-bond acceptors (Lipinski definition) is 3. The Hall–Kier alpha value is -1.82. The van der Waals surface area contributed by atoms with Crippen molar-refractivity contribution in [1.29, 1.82) is 0 Å². The van der Waals surface area contributed by atoms with Gasteiger partial charge in [0.05, 0.1) is 6.54 Å². The highest BCUT2D eigenvalue weighted by molar-refractivity contribution is 5.79. The van der Waals surface area contributed by atoms with E-state index in [1.54, 1.807) is 12.1 Å². The highest BCUT2D eigenvalue weighted by Crippen LogP contribution is 2.17. The highest BCUT2D eigenvalue weighted by atomic mass is 19.1. The molecule has 27 heavy (non-hydrogen) atoms. The van der Waals surface area contributed by atoms with Crippen molar-refractivity contribution >= 4 is 5.96 Å². The third-order valence-electron chi connectivity index (χ3n) is 4.82. The van der Waals surface area contributed by atoms with Gasteiger partial charge in [0.25, 0.3) is 0 Å². The summed E-state index contributed by atoms with van der Waals surface area (Å²) in [5, 5.41) is 6.77. The van der Waals surface area contributed by atoms with Gasteiger partial charge in [0.1, 0.15) is 17.7 Å². The minimum absolute atomic E-state index is 0.131. The van der Waals surface area contributed by atoms with Crippen molar-refractivity contribution < 1.29 is 9.13 Å². The number of guanidine groups is 1. The second-order valence-corrected chi connectivity index (χ2v) is 7.58. The summed E-state index contributed by atoms with van der Waals surface area (Å²) in [5.41, 5.74) is 0. The Balaban J connectivity index is 1.82. The maximum Gasteiger partial charge on any atom is 0.191 e. The summed E-state index contributed by atoms with van der Waals surface area (Å²) in [6, 6.07) is 6.82.